The standard InChI is InChI=1S/C19H26F2N2O5S/c1-3-4-23(29(2,25)26)7-13-5-16(21)14(6-15(13)20)19(28-8-17(22)24)9-18(10-19)11-27-12-18/h5-6H,3-4,7-12H2,1-2H3,(H2,22,24). The summed E-state index contributed by atoms with van der Waals surface area (Å²) in [6, 6.07) is 2.06. The lowest BCUT2D eigenvalue weighted by Crippen LogP contribution is -2.61. The topological polar surface area (TPSA) is 98.9 Å². The van der Waals surface area contributed by atoms with E-state index in [1.165, 1.54) is 0 Å². The second kappa shape index (κ2) is 7.90. The van der Waals surface area contributed by atoms with Gasteiger partial charge in [0.15, 0.2) is 0 Å². The summed E-state index contributed by atoms with van der Waals surface area (Å²) < 4.78 is 65.6. The number of benzene rings is 1. The van der Waals surface area contributed by atoms with Gasteiger partial charge in [-0.2, -0.15) is 4.31 Å². The van der Waals surface area contributed by atoms with Crippen LogP contribution in [0.25, 0.3) is 0 Å². The Kier molecular flexibility index (Phi) is 6.01. The number of rotatable bonds is 9. The molecule has 1 saturated carbocycles. The van der Waals surface area contributed by atoms with E-state index in [0.717, 1.165) is 22.7 Å². The number of hydrogen-bond donors (Lipinski definition) is 1. The molecule has 1 spiro atoms. The van der Waals surface area contributed by atoms with Crippen LogP contribution in [0.5, 0.6) is 0 Å². The monoisotopic (exact) mass is 432 g/mol. The summed E-state index contributed by atoms with van der Waals surface area (Å²) in [5.74, 6) is -2.12. The fraction of sp³-hybridized carbons (Fsp3) is 0.632. The fourth-order valence-electron chi connectivity index (χ4n) is 4.19. The molecule has 3 rings (SSSR count). The van der Waals surface area contributed by atoms with Gasteiger partial charge in [0.25, 0.3) is 0 Å². The molecule has 1 aliphatic carbocycles. The van der Waals surface area contributed by atoms with E-state index in [4.69, 9.17) is 15.2 Å². The van der Waals surface area contributed by atoms with Crippen LogP contribution in [-0.2, 0) is 36.4 Å². The van der Waals surface area contributed by atoms with E-state index < -0.39 is 39.8 Å². The van der Waals surface area contributed by atoms with Crippen molar-refractivity contribution in [2.24, 2.45) is 11.1 Å². The number of halogens is 2. The van der Waals surface area contributed by atoms with E-state index in [-0.39, 0.29) is 29.6 Å². The van der Waals surface area contributed by atoms with E-state index in [1.54, 1.807) is 6.92 Å². The highest BCUT2D eigenvalue weighted by molar-refractivity contribution is 7.88. The van der Waals surface area contributed by atoms with Crippen molar-refractivity contribution in [1.29, 1.82) is 0 Å². The van der Waals surface area contributed by atoms with Gasteiger partial charge < -0.3 is 15.2 Å². The Balaban J connectivity index is 1.89. The highest BCUT2D eigenvalue weighted by Crippen LogP contribution is 2.60. The van der Waals surface area contributed by atoms with E-state index in [9.17, 15) is 17.6 Å². The molecule has 29 heavy (non-hydrogen) atoms. The van der Waals surface area contributed by atoms with Crippen molar-refractivity contribution in [2.45, 2.75) is 38.3 Å². The van der Waals surface area contributed by atoms with Gasteiger partial charge in [-0.1, -0.05) is 6.92 Å². The second-order valence-electron chi connectivity index (χ2n) is 8.12. The van der Waals surface area contributed by atoms with Gasteiger partial charge in [0.2, 0.25) is 15.9 Å². The molecule has 0 bridgehead atoms. The summed E-state index contributed by atoms with van der Waals surface area (Å²) in [4.78, 5) is 11.2. The second-order valence-corrected chi connectivity index (χ2v) is 10.1. The minimum atomic E-state index is -3.56. The van der Waals surface area contributed by atoms with Gasteiger partial charge in [0.1, 0.15) is 18.2 Å². The van der Waals surface area contributed by atoms with Crippen LogP contribution in [0.1, 0.15) is 37.3 Å². The Morgan fingerprint density at radius 3 is 2.41 bits per heavy atom. The molecule has 0 aromatic heterocycles. The number of carbonyl (C=O) groups is 1. The normalized spacial score (nSPS) is 19.8. The molecule has 10 heteroatoms. The van der Waals surface area contributed by atoms with E-state index in [2.05, 4.69) is 0 Å². The minimum absolute atomic E-state index is 0.0129. The number of amides is 1. The van der Waals surface area contributed by atoms with Gasteiger partial charge >= 0.3 is 0 Å². The largest absolute Gasteiger partial charge is 0.380 e. The van der Waals surface area contributed by atoms with E-state index in [0.29, 0.717) is 32.5 Å². The number of primary amides is 1. The van der Waals surface area contributed by atoms with Crippen LogP contribution >= 0.6 is 0 Å². The molecule has 1 saturated heterocycles. The van der Waals surface area contributed by atoms with Crippen molar-refractivity contribution >= 4 is 15.9 Å². The van der Waals surface area contributed by atoms with Crippen molar-refractivity contribution in [3.05, 3.63) is 34.9 Å². The molecule has 2 aliphatic rings. The molecule has 2 N–H and O–H groups in total. The maximum atomic E-state index is 15.0. The van der Waals surface area contributed by atoms with Crippen molar-refractivity contribution in [3.63, 3.8) is 0 Å². The number of hydrogen-bond acceptors (Lipinski definition) is 5. The van der Waals surface area contributed by atoms with Crippen LogP contribution in [0.4, 0.5) is 8.78 Å². The molecule has 2 fully saturated rings. The summed E-state index contributed by atoms with van der Waals surface area (Å²) in [5, 5.41) is 0. The van der Waals surface area contributed by atoms with E-state index >= 15 is 4.39 Å². The van der Waals surface area contributed by atoms with Crippen molar-refractivity contribution in [1.82, 2.24) is 4.31 Å². The lowest BCUT2D eigenvalue weighted by atomic mass is 9.55. The maximum Gasteiger partial charge on any atom is 0.243 e. The summed E-state index contributed by atoms with van der Waals surface area (Å²) in [5.41, 5.74) is 3.83. The molecule has 7 nitrogen and oxygen atoms in total. The number of sulfonamides is 1. The third kappa shape index (κ3) is 4.45. The Hall–Kier alpha value is -1.62. The average molecular weight is 432 g/mol. The summed E-state index contributed by atoms with van der Waals surface area (Å²) in [7, 11) is -3.56. The van der Waals surface area contributed by atoms with Crippen LogP contribution in [0.2, 0.25) is 0 Å². The number of carbonyl (C=O) groups excluding carboxylic acids is 1. The molecule has 1 aromatic carbocycles. The molecule has 0 unspecified atom stereocenters. The Morgan fingerprint density at radius 2 is 1.93 bits per heavy atom. The Bertz CT molecular complexity index is 894. The zero-order valence-electron chi connectivity index (χ0n) is 16.5. The Labute approximate surface area is 169 Å². The summed E-state index contributed by atoms with van der Waals surface area (Å²) >= 11 is 0. The molecule has 1 amide bonds. The van der Waals surface area contributed by atoms with Crippen LogP contribution in [0.15, 0.2) is 12.1 Å². The average Bonchev–Trinajstić information content (AvgIpc) is 2.54. The maximum absolute atomic E-state index is 15.0. The van der Waals surface area contributed by atoms with Gasteiger partial charge in [0.05, 0.1) is 25.1 Å². The summed E-state index contributed by atoms with van der Waals surface area (Å²) in [6.07, 6.45) is 2.37. The van der Waals surface area contributed by atoms with Crippen LogP contribution in [-0.4, -0.2) is 51.3 Å². The first-order valence-electron chi connectivity index (χ1n) is 9.44. The first kappa shape index (κ1) is 22.1. The SMILES string of the molecule is CCCN(Cc1cc(F)c(C2(OCC(N)=O)CC3(COC3)C2)cc1F)S(C)(=O)=O. The van der Waals surface area contributed by atoms with Gasteiger partial charge in [-0.05, 0) is 31.4 Å². The lowest BCUT2D eigenvalue weighted by molar-refractivity contribution is -0.261. The third-order valence-electron chi connectivity index (χ3n) is 5.54. The molecule has 0 atom stereocenters. The Morgan fingerprint density at radius 1 is 1.28 bits per heavy atom. The van der Waals surface area contributed by atoms with Gasteiger partial charge in [-0.15, -0.1) is 0 Å². The summed E-state index contributed by atoms with van der Waals surface area (Å²) in [6.45, 7) is 2.36. The molecule has 1 aromatic rings. The smallest absolute Gasteiger partial charge is 0.243 e. The van der Waals surface area contributed by atoms with Gasteiger partial charge in [-0.25, -0.2) is 17.2 Å². The van der Waals surface area contributed by atoms with Gasteiger partial charge in [-0.3, -0.25) is 4.79 Å². The molecule has 162 valence electrons. The molecular weight excluding hydrogens is 406 g/mol. The molecule has 1 aliphatic heterocycles. The van der Waals surface area contributed by atoms with Crippen molar-refractivity contribution < 1.29 is 31.5 Å². The molecule has 0 radical (unpaired) electrons. The fourth-order valence-corrected chi connectivity index (χ4v) is 5.08. The highest BCUT2D eigenvalue weighted by atomic mass is 32.2. The number of nitrogens with zero attached hydrogens (tertiary/aromatic N) is 1. The minimum Gasteiger partial charge on any atom is -0.380 e. The third-order valence-corrected chi connectivity index (χ3v) is 6.79. The lowest BCUT2D eigenvalue weighted by Gasteiger charge is -2.59. The van der Waals surface area contributed by atoms with Crippen LogP contribution < -0.4 is 5.73 Å². The number of nitrogens with two attached hydrogens (primary N) is 1. The predicted molar refractivity (Wildman–Crippen MR) is 101 cm³/mol. The van der Waals surface area contributed by atoms with E-state index in [1.807, 2.05) is 0 Å². The van der Waals surface area contributed by atoms with Crippen molar-refractivity contribution in [2.75, 3.05) is 32.6 Å². The first-order chi connectivity index (χ1) is 13.5. The first-order valence-corrected chi connectivity index (χ1v) is 11.3. The van der Waals surface area contributed by atoms with Crippen LogP contribution in [0.3, 0.4) is 0 Å². The van der Waals surface area contributed by atoms with Gasteiger partial charge in [0, 0.05) is 29.6 Å². The predicted octanol–water partition coefficient (Wildman–Crippen LogP) is 1.64. The quantitative estimate of drug-likeness (QED) is 0.640. The molecule has 1 heterocycles. The van der Waals surface area contributed by atoms with Crippen molar-refractivity contribution in [3.8, 4) is 0 Å². The molecular formula is C19H26F2N2O5S. The number of ether oxygens (including phenoxy) is 2. The van der Waals surface area contributed by atoms with Crippen LogP contribution in [0, 0.1) is 17.0 Å². The zero-order chi connectivity index (χ0) is 21.4. The highest BCUT2D eigenvalue weighted by Gasteiger charge is 2.61. The zero-order valence-corrected chi connectivity index (χ0v) is 17.4.